The van der Waals surface area contributed by atoms with Crippen molar-refractivity contribution in [1.82, 2.24) is 5.32 Å². The van der Waals surface area contributed by atoms with E-state index in [1.54, 1.807) is 12.1 Å². The van der Waals surface area contributed by atoms with Crippen molar-refractivity contribution >= 4 is 102 Å². The Bertz CT molecular complexity index is 876. The molecule has 28 heavy (non-hydrogen) atoms. The maximum Gasteiger partial charge on any atom is 0.326 e. The number of carbonyl (C=O) groups excluding carboxylic acids is 1. The van der Waals surface area contributed by atoms with Gasteiger partial charge in [0.2, 0.25) is 5.91 Å². The first-order valence-corrected chi connectivity index (χ1v) is 12.0. The third kappa shape index (κ3) is 6.43. The molecule has 150 valence electrons. The first-order valence-electron chi connectivity index (χ1n) is 7.68. The summed E-state index contributed by atoms with van der Waals surface area (Å²) in [7, 11) is 0. The van der Waals surface area contributed by atoms with Gasteiger partial charge in [-0.1, -0.05) is 0 Å². The standard InChI is InChI=1S/C17H14I4N2O5/c18-9-4-8(5-10(19)15(9)25)28-16-11(20)1-7(2-12(16)21)3-13(17(26)27)23-14(24)6-22/h1-2,4-5,13,25H,3,6,22H2,(H,23,24)(H,26,27). The summed E-state index contributed by atoms with van der Waals surface area (Å²) in [5.41, 5.74) is 6.00. The number of carboxylic acid groups (broad SMARTS) is 1. The highest BCUT2D eigenvalue weighted by atomic mass is 127. The summed E-state index contributed by atoms with van der Waals surface area (Å²) in [5, 5.41) is 21.6. The fourth-order valence-corrected chi connectivity index (χ4v) is 6.06. The lowest BCUT2D eigenvalue weighted by Gasteiger charge is -2.16. The van der Waals surface area contributed by atoms with Gasteiger partial charge in [0, 0.05) is 6.42 Å². The number of halogens is 4. The number of hydrogen-bond donors (Lipinski definition) is 4. The van der Waals surface area contributed by atoms with Gasteiger partial charge < -0.3 is 26.0 Å². The molecule has 0 spiro atoms. The van der Waals surface area contributed by atoms with Gasteiger partial charge in [0.1, 0.15) is 17.5 Å². The molecule has 1 unspecified atom stereocenters. The van der Waals surface area contributed by atoms with Gasteiger partial charge in [-0.3, -0.25) is 4.79 Å². The van der Waals surface area contributed by atoms with Gasteiger partial charge >= 0.3 is 5.97 Å². The molecule has 0 saturated heterocycles. The molecule has 0 heterocycles. The number of aliphatic carboxylic acids is 1. The van der Waals surface area contributed by atoms with E-state index in [9.17, 15) is 19.8 Å². The summed E-state index contributed by atoms with van der Waals surface area (Å²) in [5.74, 6) is -0.199. The van der Waals surface area contributed by atoms with Crippen molar-refractivity contribution in [3.8, 4) is 17.2 Å². The Kier molecular flexibility index (Phi) is 9.27. The second-order valence-corrected chi connectivity index (χ2v) is 10.2. The van der Waals surface area contributed by atoms with E-state index < -0.39 is 17.9 Å². The molecule has 11 heteroatoms. The van der Waals surface area contributed by atoms with Crippen molar-refractivity contribution in [2.75, 3.05) is 6.54 Å². The van der Waals surface area contributed by atoms with Crippen LogP contribution < -0.4 is 15.8 Å². The molecule has 2 rings (SSSR count). The van der Waals surface area contributed by atoms with Crippen LogP contribution in [-0.4, -0.2) is 34.7 Å². The van der Waals surface area contributed by atoms with Crippen molar-refractivity contribution in [3.63, 3.8) is 0 Å². The summed E-state index contributed by atoms with van der Waals surface area (Å²) in [6.07, 6.45) is 0.127. The minimum absolute atomic E-state index is 0.127. The summed E-state index contributed by atoms with van der Waals surface area (Å²) < 4.78 is 8.97. The lowest BCUT2D eigenvalue weighted by Crippen LogP contribution is -2.44. The number of phenols is 1. The van der Waals surface area contributed by atoms with Crippen LogP contribution in [0.1, 0.15) is 5.56 Å². The van der Waals surface area contributed by atoms with Crippen LogP contribution in [0.15, 0.2) is 24.3 Å². The topological polar surface area (TPSA) is 122 Å². The molecule has 2 aromatic rings. The highest BCUT2D eigenvalue weighted by molar-refractivity contribution is 14.1. The fraction of sp³-hybridized carbons (Fsp3) is 0.176. The van der Waals surface area contributed by atoms with Crippen LogP contribution in [0.4, 0.5) is 0 Å². The number of ether oxygens (including phenoxy) is 1. The largest absolute Gasteiger partial charge is 0.506 e. The molecule has 0 aliphatic rings. The van der Waals surface area contributed by atoms with Crippen molar-refractivity contribution in [3.05, 3.63) is 44.1 Å². The summed E-state index contributed by atoms with van der Waals surface area (Å²) in [6.45, 7) is -0.268. The molecular formula is C17H14I4N2O5. The lowest BCUT2D eigenvalue weighted by molar-refractivity contribution is -0.141. The van der Waals surface area contributed by atoms with E-state index in [0.29, 0.717) is 18.6 Å². The molecular weight excluding hydrogens is 820 g/mol. The summed E-state index contributed by atoms with van der Waals surface area (Å²) in [6, 6.07) is 6.05. The zero-order chi connectivity index (χ0) is 21.0. The highest BCUT2D eigenvalue weighted by Gasteiger charge is 2.21. The fourth-order valence-electron chi connectivity index (χ4n) is 2.24. The smallest absolute Gasteiger partial charge is 0.326 e. The molecule has 0 saturated carbocycles. The molecule has 0 aromatic heterocycles. The van der Waals surface area contributed by atoms with E-state index in [0.717, 1.165) is 12.7 Å². The average molecular weight is 834 g/mol. The number of aromatic hydroxyl groups is 1. The molecule has 2 aromatic carbocycles. The maximum atomic E-state index is 11.4. The Labute approximate surface area is 215 Å². The number of hydrogen-bond acceptors (Lipinski definition) is 5. The number of benzene rings is 2. The Morgan fingerprint density at radius 1 is 1.04 bits per heavy atom. The molecule has 0 aliphatic carbocycles. The predicted octanol–water partition coefficient (Wildman–Crippen LogP) is 3.67. The Morgan fingerprint density at radius 2 is 1.57 bits per heavy atom. The second kappa shape index (κ2) is 10.8. The second-order valence-electron chi connectivity index (χ2n) is 5.59. The van der Waals surface area contributed by atoms with Crippen LogP contribution in [-0.2, 0) is 16.0 Å². The quantitative estimate of drug-likeness (QED) is 0.317. The van der Waals surface area contributed by atoms with E-state index >= 15 is 0 Å². The van der Waals surface area contributed by atoms with Crippen molar-refractivity contribution in [1.29, 1.82) is 0 Å². The number of phenolic OH excluding ortho intramolecular Hbond substituents is 1. The third-order valence-corrected chi connectivity index (χ3v) is 6.77. The van der Waals surface area contributed by atoms with Gasteiger partial charge in [-0.2, -0.15) is 0 Å². The first-order chi connectivity index (χ1) is 13.1. The van der Waals surface area contributed by atoms with Crippen molar-refractivity contribution < 1.29 is 24.5 Å². The van der Waals surface area contributed by atoms with Crippen LogP contribution in [0.5, 0.6) is 17.2 Å². The SMILES string of the molecule is NCC(=O)NC(Cc1cc(I)c(Oc2cc(I)c(O)c(I)c2)c(I)c1)C(=O)O. The molecule has 1 amide bonds. The number of nitrogens with two attached hydrogens (primary N) is 1. The maximum absolute atomic E-state index is 11.4. The molecule has 0 bridgehead atoms. The minimum atomic E-state index is -1.12. The Hall–Kier alpha value is -0.140. The van der Waals surface area contributed by atoms with Crippen molar-refractivity contribution in [2.45, 2.75) is 12.5 Å². The number of carboxylic acids is 1. The average Bonchev–Trinajstić information content (AvgIpc) is 2.61. The van der Waals surface area contributed by atoms with E-state index in [1.807, 2.05) is 57.3 Å². The highest BCUT2D eigenvalue weighted by Crippen LogP contribution is 2.36. The molecule has 1 atom stereocenters. The number of amides is 1. The van der Waals surface area contributed by atoms with Gasteiger partial charge in [-0.05, 0) is 120 Å². The van der Waals surface area contributed by atoms with Gasteiger partial charge in [-0.15, -0.1) is 0 Å². The van der Waals surface area contributed by atoms with E-state index in [1.165, 1.54) is 0 Å². The first kappa shape index (κ1) is 24.1. The third-order valence-electron chi connectivity index (χ3n) is 3.53. The van der Waals surface area contributed by atoms with Gasteiger partial charge in [0.25, 0.3) is 0 Å². The minimum Gasteiger partial charge on any atom is -0.506 e. The van der Waals surface area contributed by atoms with Crippen LogP contribution in [0.2, 0.25) is 0 Å². The Morgan fingerprint density at radius 3 is 2.04 bits per heavy atom. The summed E-state index contributed by atoms with van der Waals surface area (Å²) in [4.78, 5) is 22.9. The van der Waals surface area contributed by atoms with Crippen LogP contribution in [0, 0.1) is 14.3 Å². The van der Waals surface area contributed by atoms with Crippen LogP contribution in [0.3, 0.4) is 0 Å². The molecule has 0 fully saturated rings. The number of carbonyl (C=O) groups is 2. The van der Waals surface area contributed by atoms with E-state index in [-0.39, 0.29) is 18.7 Å². The number of nitrogens with one attached hydrogen (secondary N) is 1. The normalized spacial score (nSPS) is 11.8. The van der Waals surface area contributed by atoms with Gasteiger partial charge in [0.05, 0.1) is 20.8 Å². The monoisotopic (exact) mass is 834 g/mol. The van der Waals surface area contributed by atoms with E-state index in [2.05, 4.69) is 50.5 Å². The molecule has 0 aliphatic heterocycles. The zero-order valence-corrected chi connectivity index (χ0v) is 22.6. The molecule has 0 radical (unpaired) electrons. The van der Waals surface area contributed by atoms with Crippen molar-refractivity contribution in [2.24, 2.45) is 5.73 Å². The van der Waals surface area contributed by atoms with Crippen LogP contribution in [0.25, 0.3) is 0 Å². The predicted molar refractivity (Wildman–Crippen MR) is 138 cm³/mol. The number of rotatable bonds is 7. The van der Waals surface area contributed by atoms with Gasteiger partial charge in [0.15, 0.2) is 5.75 Å². The van der Waals surface area contributed by atoms with Crippen LogP contribution >= 0.6 is 90.4 Å². The molecule has 7 nitrogen and oxygen atoms in total. The van der Waals surface area contributed by atoms with E-state index in [4.69, 9.17) is 10.5 Å². The zero-order valence-electron chi connectivity index (χ0n) is 14.0. The van der Waals surface area contributed by atoms with Gasteiger partial charge in [-0.25, -0.2) is 4.79 Å². The summed E-state index contributed by atoms with van der Waals surface area (Å²) >= 11 is 8.31. The Balaban J connectivity index is 2.27. The lowest BCUT2D eigenvalue weighted by atomic mass is 10.1. The molecule has 5 N–H and O–H groups in total.